The predicted molar refractivity (Wildman–Crippen MR) is 193 cm³/mol. The highest BCUT2D eigenvalue weighted by atomic mass is 16.3. The Morgan fingerprint density at radius 2 is 1.34 bits per heavy atom. The SMILES string of the molecule is CC/C(=C(\c1ccc(O)cc1)c1ccc(N2CCC(CN3CCN(c4ccc5c(c4)CN(C)C5=O)CC3)CC2)cc1)c1ccccc1. The topological polar surface area (TPSA) is 50.3 Å². The summed E-state index contributed by atoms with van der Waals surface area (Å²) in [5, 5.41) is 9.97. The summed E-state index contributed by atoms with van der Waals surface area (Å²) in [4.78, 5) is 21.8. The lowest BCUT2D eigenvalue weighted by atomic mass is 9.88. The molecule has 3 aliphatic rings. The largest absolute Gasteiger partial charge is 0.508 e. The van der Waals surface area contributed by atoms with Gasteiger partial charge in [0.1, 0.15) is 5.75 Å². The molecule has 47 heavy (non-hydrogen) atoms. The van der Waals surface area contributed by atoms with Gasteiger partial charge in [-0.05, 0) is 101 Å². The summed E-state index contributed by atoms with van der Waals surface area (Å²) in [7, 11) is 1.88. The van der Waals surface area contributed by atoms with Gasteiger partial charge in [0.25, 0.3) is 5.91 Å². The third-order valence-corrected chi connectivity index (χ3v) is 10.4. The van der Waals surface area contributed by atoms with Crippen molar-refractivity contribution >= 4 is 28.4 Å². The first-order chi connectivity index (χ1) is 23.0. The van der Waals surface area contributed by atoms with Crippen molar-refractivity contribution in [3.8, 4) is 5.75 Å². The molecule has 1 N–H and O–H groups in total. The van der Waals surface area contributed by atoms with Crippen molar-refractivity contribution in [2.24, 2.45) is 5.92 Å². The molecule has 6 heteroatoms. The number of carbonyl (C=O) groups excluding carboxylic acids is 1. The van der Waals surface area contributed by atoms with Gasteiger partial charge in [0.05, 0.1) is 0 Å². The summed E-state index contributed by atoms with van der Waals surface area (Å²) in [6.45, 7) is 10.6. The van der Waals surface area contributed by atoms with Gasteiger partial charge in [-0.2, -0.15) is 0 Å². The fourth-order valence-corrected chi connectivity index (χ4v) is 7.72. The van der Waals surface area contributed by atoms with Crippen LogP contribution in [0.15, 0.2) is 97.1 Å². The molecule has 6 nitrogen and oxygen atoms in total. The monoisotopic (exact) mass is 626 g/mol. The number of piperidine rings is 1. The number of carbonyl (C=O) groups is 1. The molecule has 0 atom stereocenters. The van der Waals surface area contributed by atoms with Crippen molar-refractivity contribution in [2.45, 2.75) is 32.7 Å². The van der Waals surface area contributed by atoms with Gasteiger partial charge in [-0.15, -0.1) is 0 Å². The Bertz CT molecular complexity index is 1720. The Morgan fingerprint density at radius 1 is 0.723 bits per heavy atom. The Morgan fingerprint density at radius 3 is 2.00 bits per heavy atom. The van der Waals surface area contributed by atoms with Crippen LogP contribution >= 0.6 is 0 Å². The summed E-state index contributed by atoms with van der Waals surface area (Å²) in [5.41, 5.74) is 10.7. The molecule has 0 aliphatic carbocycles. The number of amides is 1. The number of rotatable bonds is 8. The van der Waals surface area contributed by atoms with Crippen LogP contribution in [0.5, 0.6) is 5.75 Å². The second kappa shape index (κ2) is 13.7. The number of nitrogens with zero attached hydrogens (tertiary/aromatic N) is 4. The number of hydrogen-bond donors (Lipinski definition) is 1. The molecule has 0 aromatic heterocycles. The fourth-order valence-electron chi connectivity index (χ4n) is 7.72. The summed E-state index contributed by atoms with van der Waals surface area (Å²) in [6.07, 6.45) is 3.36. The molecule has 0 bridgehead atoms. The van der Waals surface area contributed by atoms with Crippen LogP contribution in [-0.4, -0.2) is 73.7 Å². The minimum Gasteiger partial charge on any atom is -0.508 e. The van der Waals surface area contributed by atoms with Crippen LogP contribution in [0.25, 0.3) is 11.1 Å². The van der Waals surface area contributed by atoms with Crippen molar-refractivity contribution < 1.29 is 9.90 Å². The zero-order valence-corrected chi connectivity index (χ0v) is 27.7. The van der Waals surface area contributed by atoms with Gasteiger partial charge in [-0.3, -0.25) is 9.69 Å². The van der Waals surface area contributed by atoms with E-state index in [0.29, 0.717) is 0 Å². The highest BCUT2D eigenvalue weighted by molar-refractivity contribution is 5.99. The van der Waals surface area contributed by atoms with Crippen LogP contribution in [0.4, 0.5) is 11.4 Å². The number of hydrogen-bond acceptors (Lipinski definition) is 5. The van der Waals surface area contributed by atoms with Crippen LogP contribution in [0.2, 0.25) is 0 Å². The van der Waals surface area contributed by atoms with E-state index in [-0.39, 0.29) is 11.7 Å². The first-order valence-electron chi connectivity index (χ1n) is 17.3. The van der Waals surface area contributed by atoms with Crippen LogP contribution in [0.1, 0.15) is 58.8 Å². The van der Waals surface area contributed by atoms with E-state index in [9.17, 15) is 9.90 Å². The van der Waals surface area contributed by atoms with Gasteiger partial charge < -0.3 is 19.8 Å². The average Bonchev–Trinajstić information content (AvgIpc) is 3.40. The lowest BCUT2D eigenvalue weighted by Gasteiger charge is -2.40. The third-order valence-electron chi connectivity index (χ3n) is 10.4. The molecule has 3 aliphatic heterocycles. The minimum absolute atomic E-state index is 0.140. The van der Waals surface area contributed by atoms with Crippen LogP contribution in [-0.2, 0) is 6.54 Å². The Balaban J connectivity index is 0.961. The maximum absolute atomic E-state index is 12.3. The molecule has 4 aromatic rings. The number of phenols is 1. The Kier molecular flexibility index (Phi) is 9.03. The van der Waals surface area contributed by atoms with Crippen LogP contribution < -0.4 is 9.80 Å². The third kappa shape index (κ3) is 6.66. The minimum atomic E-state index is 0.140. The first kappa shape index (κ1) is 31.1. The van der Waals surface area contributed by atoms with Gasteiger partial charge in [0.15, 0.2) is 0 Å². The van der Waals surface area contributed by atoms with Gasteiger partial charge in [-0.1, -0.05) is 61.5 Å². The maximum Gasteiger partial charge on any atom is 0.254 e. The molecule has 0 spiro atoms. The van der Waals surface area contributed by atoms with Gasteiger partial charge in [-0.25, -0.2) is 0 Å². The van der Waals surface area contributed by atoms with Crippen molar-refractivity contribution in [1.29, 1.82) is 0 Å². The number of benzene rings is 4. The van der Waals surface area contributed by atoms with Crippen molar-refractivity contribution in [3.63, 3.8) is 0 Å². The molecule has 242 valence electrons. The molecule has 0 saturated carbocycles. The van der Waals surface area contributed by atoms with Gasteiger partial charge in [0, 0.05) is 76.3 Å². The summed E-state index contributed by atoms with van der Waals surface area (Å²) < 4.78 is 0. The van der Waals surface area contributed by atoms with E-state index < -0.39 is 0 Å². The van der Waals surface area contributed by atoms with Crippen molar-refractivity contribution in [1.82, 2.24) is 9.80 Å². The van der Waals surface area contributed by atoms with E-state index >= 15 is 0 Å². The lowest BCUT2D eigenvalue weighted by molar-refractivity contribution is 0.0816. The number of piperazine rings is 1. The number of aromatic hydroxyl groups is 1. The van der Waals surface area contributed by atoms with Crippen molar-refractivity contribution in [3.05, 3.63) is 125 Å². The second-order valence-corrected chi connectivity index (χ2v) is 13.4. The molecule has 7 rings (SSSR count). The highest BCUT2D eigenvalue weighted by Crippen LogP contribution is 2.36. The fraction of sp³-hybridized carbons (Fsp3) is 0.341. The predicted octanol–water partition coefficient (Wildman–Crippen LogP) is 7.39. The van der Waals surface area contributed by atoms with Gasteiger partial charge >= 0.3 is 0 Å². The molecular weight excluding hydrogens is 580 g/mol. The lowest BCUT2D eigenvalue weighted by Crippen LogP contribution is -2.49. The summed E-state index contributed by atoms with van der Waals surface area (Å²) in [5.74, 6) is 1.16. The normalized spacial score (nSPS) is 18.0. The quantitative estimate of drug-likeness (QED) is 0.207. The molecule has 0 unspecified atom stereocenters. The summed E-state index contributed by atoms with van der Waals surface area (Å²) >= 11 is 0. The first-order valence-corrected chi connectivity index (χ1v) is 17.3. The Hall–Kier alpha value is -4.55. The van der Waals surface area contributed by atoms with Crippen LogP contribution in [0.3, 0.4) is 0 Å². The molecule has 4 aromatic carbocycles. The molecule has 2 saturated heterocycles. The molecule has 0 radical (unpaired) electrons. The number of anilines is 2. The summed E-state index contributed by atoms with van der Waals surface area (Å²) in [6, 6.07) is 33.8. The highest BCUT2D eigenvalue weighted by Gasteiger charge is 2.27. The van der Waals surface area contributed by atoms with E-state index in [4.69, 9.17) is 0 Å². The average molecular weight is 627 g/mol. The molecule has 3 heterocycles. The zero-order valence-electron chi connectivity index (χ0n) is 27.7. The second-order valence-electron chi connectivity index (χ2n) is 13.4. The molecule has 2 fully saturated rings. The van der Waals surface area contributed by atoms with E-state index in [1.165, 1.54) is 53.0 Å². The smallest absolute Gasteiger partial charge is 0.254 e. The number of allylic oxidation sites excluding steroid dienone is 1. The van der Waals surface area contributed by atoms with E-state index in [0.717, 1.165) is 74.8 Å². The standard InChI is InChI=1S/C41H46N4O2/c1-3-38(31-7-5-4-6-8-31)40(33-11-16-37(46)17-12-33)32-9-13-35(14-10-32)44-21-19-30(20-22-44)28-43-23-25-45(26-24-43)36-15-18-39-34(27-36)29-42(2)41(39)47/h4-18,27,30,46H,3,19-26,28-29H2,1-2H3/b40-38+. The van der Waals surface area contributed by atoms with Gasteiger partial charge in [0.2, 0.25) is 0 Å². The van der Waals surface area contributed by atoms with E-state index in [2.05, 4.69) is 88.4 Å². The molecule has 1 amide bonds. The van der Waals surface area contributed by atoms with E-state index in [1.807, 2.05) is 25.2 Å². The number of phenolic OH excluding ortho intramolecular Hbond substituents is 1. The zero-order chi connectivity index (χ0) is 32.3. The molecular formula is C41H46N4O2. The Labute approximate surface area is 279 Å². The van der Waals surface area contributed by atoms with E-state index in [1.54, 1.807) is 17.0 Å². The van der Waals surface area contributed by atoms with Crippen LogP contribution in [0, 0.1) is 5.92 Å². The van der Waals surface area contributed by atoms with Crippen molar-refractivity contribution in [2.75, 3.05) is 62.7 Å². The maximum atomic E-state index is 12.3. The number of fused-ring (bicyclic) bond motifs is 1.